The van der Waals surface area contributed by atoms with Crippen LogP contribution in [0.25, 0.3) is 0 Å². The molecule has 0 aromatic rings. The van der Waals surface area contributed by atoms with Gasteiger partial charge in [0.25, 0.3) is 6.43 Å². The van der Waals surface area contributed by atoms with E-state index in [0.29, 0.717) is 0 Å². The van der Waals surface area contributed by atoms with Crippen LogP contribution >= 0.6 is 0 Å². The minimum Gasteiger partial charge on any atom is -0.465 e. The lowest BCUT2D eigenvalue weighted by molar-refractivity contribution is -0.142. The molecule has 3 nitrogen and oxygen atoms in total. The Morgan fingerprint density at radius 1 is 1.64 bits per heavy atom. The number of halogens is 2. The van der Waals surface area contributed by atoms with E-state index in [9.17, 15) is 13.6 Å². The highest BCUT2D eigenvalue weighted by molar-refractivity contribution is 5.71. The molecule has 0 amide bonds. The molecule has 0 aliphatic rings. The van der Waals surface area contributed by atoms with E-state index in [0.717, 1.165) is 0 Å². The summed E-state index contributed by atoms with van der Waals surface area (Å²) < 4.78 is 27.4. The van der Waals surface area contributed by atoms with Gasteiger partial charge in [0.2, 0.25) is 0 Å². The van der Waals surface area contributed by atoms with Gasteiger partial charge in [-0.15, -0.1) is 0 Å². The minimum atomic E-state index is -2.43. The number of carbonyl (C=O) groups is 1. The molecule has 0 fully saturated rings. The van der Waals surface area contributed by atoms with Gasteiger partial charge in [0.05, 0.1) is 19.7 Å². The van der Waals surface area contributed by atoms with Gasteiger partial charge in [-0.2, -0.15) is 0 Å². The second-order valence-electron chi connectivity index (χ2n) is 1.83. The van der Waals surface area contributed by atoms with Gasteiger partial charge in [-0.3, -0.25) is 4.79 Å². The van der Waals surface area contributed by atoms with Crippen molar-refractivity contribution in [2.45, 2.75) is 13.3 Å². The lowest BCUT2D eigenvalue weighted by Crippen LogP contribution is -2.28. The molecule has 0 saturated carbocycles. The van der Waals surface area contributed by atoms with Crippen LogP contribution in [0.4, 0.5) is 8.78 Å². The van der Waals surface area contributed by atoms with Crippen molar-refractivity contribution in [2.75, 3.05) is 19.7 Å². The maximum absolute atomic E-state index is 11.5. The van der Waals surface area contributed by atoms with Gasteiger partial charge in [0, 0.05) is 0 Å². The summed E-state index contributed by atoms with van der Waals surface area (Å²) in [7, 11) is 0. The number of nitrogens with one attached hydrogen (secondary N) is 1. The summed E-state index contributed by atoms with van der Waals surface area (Å²) in [6.45, 7) is 1.30. The van der Waals surface area contributed by atoms with E-state index in [-0.39, 0.29) is 13.2 Å². The monoisotopic (exact) mass is 167 g/mol. The van der Waals surface area contributed by atoms with Crippen molar-refractivity contribution < 1.29 is 18.3 Å². The highest BCUT2D eigenvalue weighted by atomic mass is 19.3. The van der Waals surface area contributed by atoms with Gasteiger partial charge in [0.1, 0.15) is 0 Å². The lowest BCUT2D eigenvalue weighted by Gasteiger charge is -2.02. The second kappa shape index (κ2) is 6.03. The van der Waals surface area contributed by atoms with Crippen LogP contribution in [0.15, 0.2) is 0 Å². The fraction of sp³-hybridized carbons (Fsp3) is 0.833. The van der Waals surface area contributed by atoms with Crippen molar-refractivity contribution in [1.82, 2.24) is 5.32 Å². The fourth-order valence-electron chi connectivity index (χ4n) is 0.495. The van der Waals surface area contributed by atoms with E-state index < -0.39 is 18.9 Å². The summed E-state index contributed by atoms with van der Waals surface area (Å²) in [5, 5.41) is 2.24. The van der Waals surface area contributed by atoms with Crippen LogP contribution in [-0.2, 0) is 9.53 Å². The lowest BCUT2D eigenvalue weighted by atomic mass is 10.6. The van der Waals surface area contributed by atoms with E-state index in [1.54, 1.807) is 6.92 Å². The fourth-order valence-corrected chi connectivity index (χ4v) is 0.495. The Bertz CT molecular complexity index is 119. The van der Waals surface area contributed by atoms with Crippen molar-refractivity contribution in [3.8, 4) is 0 Å². The largest absolute Gasteiger partial charge is 0.465 e. The van der Waals surface area contributed by atoms with Crippen molar-refractivity contribution in [1.29, 1.82) is 0 Å². The van der Waals surface area contributed by atoms with E-state index in [2.05, 4.69) is 10.1 Å². The van der Waals surface area contributed by atoms with Crippen LogP contribution in [0.2, 0.25) is 0 Å². The van der Waals surface area contributed by atoms with Crippen LogP contribution in [0.3, 0.4) is 0 Å². The molecule has 0 spiro atoms. The zero-order chi connectivity index (χ0) is 8.69. The van der Waals surface area contributed by atoms with Crippen LogP contribution in [0.5, 0.6) is 0 Å². The number of hydrogen-bond acceptors (Lipinski definition) is 3. The van der Waals surface area contributed by atoms with Gasteiger partial charge in [-0.1, -0.05) is 0 Å². The number of ether oxygens (including phenoxy) is 1. The zero-order valence-electron chi connectivity index (χ0n) is 6.27. The normalized spacial score (nSPS) is 10.2. The zero-order valence-corrected chi connectivity index (χ0v) is 6.27. The summed E-state index contributed by atoms with van der Waals surface area (Å²) in [5.41, 5.74) is 0. The Morgan fingerprint density at radius 3 is 2.73 bits per heavy atom. The van der Waals surface area contributed by atoms with Crippen LogP contribution in [-0.4, -0.2) is 32.1 Å². The van der Waals surface area contributed by atoms with Gasteiger partial charge in [-0.05, 0) is 6.92 Å². The molecule has 0 bridgehead atoms. The number of carbonyl (C=O) groups excluding carboxylic acids is 1. The maximum atomic E-state index is 11.5. The Labute approximate surface area is 63.7 Å². The standard InChI is InChI=1S/C6H11F2NO2/c1-2-11-6(10)4-9-3-5(7)8/h5,9H,2-4H2,1H3. The third-order valence-corrected chi connectivity index (χ3v) is 0.873. The van der Waals surface area contributed by atoms with Crippen LogP contribution < -0.4 is 5.32 Å². The molecule has 0 saturated heterocycles. The van der Waals surface area contributed by atoms with Crippen molar-refractivity contribution in [3.05, 3.63) is 0 Å². The first kappa shape index (κ1) is 10.3. The minimum absolute atomic E-state index is 0.155. The summed E-state index contributed by atoms with van der Waals surface area (Å²) in [6.07, 6.45) is -2.43. The Morgan fingerprint density at radius 2 is 2.27 bits per heavy atom. The molecular formula is C6H11F2NO2. The summed E-state index contributed by atoms with van der Waals surface area (Å²) in [5.74, 6) is -0.506. The second-order valence-corrected chi connectivity index (χ2v) is 1.83. The smallest absolute Gasteiger partial charge is 0.319 e. The van der Waals surface area contributed by atoms with Gasteiger partial charge in [-0.25, -0.2) is 8.78 Å². The molecule has 11 heavy (non-hydrogen) atoms. The van der Waals surface area contributed by atoms with Crippen LogP contribution in [0.1, 0.15) is 6.92 Å². The van der Waals surface area contributed by atoms with Gasteiger partial charge in [0.15, 0.2) is 0 Å². The van der Waals surface area contributed by atoms with E-state index in [4.69, 9.17) is 0 Å². The van der Waals surface area contributed by atoms with Crippen molar-refractivity contribution >= 4 is 5.97 Å². The molecule has 0 aromatic heterocycles. The third kappa shape index (κ3) is 7.18. The first-order chi connectivity index (χ1) is 5.16. The SMILES string of the molecule is CCOC(=O)CNCC(F)F. The Hall–Kier alpha value is -0.710. The molecule has 0 aliphatic heterocycles. The Kier molecular flexibility index (Phi) is 5.64. The number of alkyl halides is 2. The highest BCUT2D eigenvalue weighted by Gasteiger charge is 2.04. The van der Waals surface area contributed by atoms with E-state index in [1.165, 1.54) is 0 Å². The molecule has 0 rings (SSSR count). The summed E-state index contributed by atoms with van der Waals surface area (Å²) in [4.78, 5) is 10.5. The van der Waals surface area contributed by atoms with E-state index >= 15 is 0 Å². The molecule has 0 aliphatic carbocycles. The van der Waals surface area contributed by atoms with Gasteiger partial charge < -0.3 is 10.1 Å². The average molecular weight is 167 g/mol. The van der Waals surface area contributed by atoms with Gasteiger partial charge >= 0.3 is 5.97 Å². The first-order valence-corrected chi connectivity index (χ1v) is 3.31. The summed E-state index contributed by atoms with van der Waals surface area (Å²) >= 11 is 0. The van der Waals surface area contributed by atoms with Crippen LogP contribution in [0, 0.1) is 0 Å². The topological polar surface area (TPSA) is 38.3 Å². The van der Waals surface area contributed by atoms with E-state index in [1.807, 2.05) is 0 Å². The molecule has 0 unspecified atom stereocenters. The third-order valence-electron chi connectivity index (χ3n) is 0.873. The number of esters is 1. The predicted octanol–water partition coefficient (Wildman–Crippen LogP) is 0.404. The molecule has 1 N–H and O–H groups in total. The average Bonchev–Trinajstić information content (AvgIpc) is 1.87. The highest BCUT2D eigenvalue weighted by Crippen LogP contribution is 1.87. The summed E-state index contributed by atoms with van der Waals surface area (Å²) in [6, 6.07) is 0. The molecule has 66 valence electrons. The van der Waals surface area contributed by atoms with Crippen molar-refractivity contribution in [2.24, 2.45) is 0 Å². The molecular weight excluding hydrogens is 156 g/mol. The number of hydrogen-bond donors (Lipinski definition) is 1. The maximum Gasteiger partial charge on any atom is 0.319 e. The first-order valence-electron chi connectivity index (χ1n) is 3.31. The molecule has 5 heteroatoms. The quantitative estimate of drug-likeness (QED) is 0.602. The Balaban J connectivity index is 3.17. The molecule has 0 radical (unpaired) electrons. The molecule has 0 atom stereocenters. The molecule has 0 heterocycles. The predicted molar refractivity (Wildman–Crippen MR) is 35.5 cm³/mol. The number of rotatable bonds is 5. The molecule has 0 aromatic carbocycles. The van der Waals surface area contributed by atoms with Crippen molar-refractivity contribution in [3.63, 3.8) is 0 Å².